The molecule has 1 amide bonds. The molecule has 0 radical (unpaired) electrons. The number of nitrogens with zero attached hydrogens (tertiary/aromatic N) is 4. The van der Waals surface area contributed by atoms with Crippen molar-refractivity contribution in [3.8, 4) is 0 Å². The van der Waals surface area contributed by atoms with Gasteiger partial charge in [0.05, 0.1) is 5.41 Å². The average Bonchev–Trinajstić information content (AvgIpc) is 3.17. The molecule has 27 heavy (non-hydrogen) atoms. The quantitative estimate of drug-likeness (QED) is 0.816. The molecule has 2 saturated carbocycles. The summed E-state index contributed by atoms with van der Waals surface area (Å²) >= 11 is 0. The lowest BCUT2D eigenvalue weighted by atomic mass is 9.62. The van der Waals surface area contributed by atoms with Crippen molar-refractivity contribution < 1.29 is 4.79 Å². The maximum absolute atomic E-state index is 13.6. The summed E-state index contributed by atoms with van der Waals surface area (Å²) < 4.78 is 2.21. The summed E-state index contributed by atoms with van der Waals surface area (Å²) in [6, 6.07) is 10.4. The zero-order valence-corrected chi connectivity index (χ0v) is 16.1. The summed E-state index contributed by atoms with van der Waals surface area (Å²) in [4.78, 5) is 15.7. The number of likely N-dealkylation sites (tertiary alicyclic amines) is 1. The number of carbonyl (C=O) groups excluding carboxylic acids is 1. The molecule has 5 nitrogen and oxygen atoms in total. The van der Waals surface area contributed by atoms with Gasteiger partial charge in [-0.1, -0.05) is 43.7 Å². The maximum atomic E-state index is 13.6. The van der Waals surface area contributed by atoms with Crippen LogP contribution in [0.25, 0.3) is 0 Å². The van der Waals surface area contributed by atoms with Crippen molar-refractivity contribution in [2.45, 2.75) is 63.3 Å². The SMILES string of the molecule is CCCn1cnnc1C1CN(C(=O)C2(c3ccccc3)CC2)CC12CCC2. The highest BCUT2D eigenvalue weighted by Crippen LogP contribution is 2.57. The molecule has 1 saturated heterocycles. The zero-order chi connectivity index (χ0) is 18.5. The number of hydrogen-bond acceptors (Lipinski definition) is 3. The normalized spacial score (nSPS) is 24.8. The first-order valence-electron chi connectivity index (χ1n) is 10.4. The fraction of sp³-hybridized carbons (Fsp3) is 0.591. The van der Waals surface area contributed by atoms with Crippen LogP contribution in [0.4, 0.5) is 0 Å². The third-order valence-corrected chi connectivity index (χ3v) is 7.19. The van der Waals surface area contributed by atoms with Gasteiger partial charge in [-0.2, -0.15) is 0 Å². The summed E-state index contributed by atoms with van der Waals surface area (Å²) in [6.45, 7) is 4.83. The highest BCUT2D eigenvalue weighted by Gasteiger charge is 2.59. The molecule has 3 aliphatic rings. The van der Waals surface area contributed by atoms with Crippen LogP contribution in [0.2, 0.25) is 0 Å². The highest BCUT2D eigenvalue weighted by molar-refractivity contribution is 5.91. The van der Waals surface area contributed by atoms with E-state index in [2.05, 4.69) is 50.9 Å². The molecule has 2 aromatic rings. The molecule has 2 aliphatic carbocycles. The fourth-order valence-electron chi connectivity index (χ4n) is 5.37. The van der Waals surface area contributed by atoms with Gasteiger partial charge in [-0.3, -0.25) is 4.79 Å². The molecule has 5 heteroatoms. The number of rotatable bonds is 5. The first-order chi connectivity index (χ1) is 13.2. The minimum absolute atomic E-state index is 0.223. The van der Waals surface area contributed by atoms with Gasteiger partial charge in [0, 0.05) is 25.6 Å². The molecular formula is C22H28N4O. The summed E-state index contributed by atoms with van der Waals surface area (Å²) in [6.07, 6.45) is 8.58. The molecule has 1 aromatic heterocycles. The summed E-state index contributed by atoms with van der Waals surface area (Å²) in [5.41, 5.74) is 1.15. The topological polar surface area (TPSA) is 51.0 Å². The number of amides is 1. The van der Waals surface area contributed by atoms with Crippen molar-refractivity contribution in [2.24, 2.45) is 5.41 Å². The van der Waals surface area contributed by atoms with E-state index in [9.17, 15) is 4.79 Å². The number of hydrogen-bond donors (Lipinski definition) is 0. The lowest BCUT2D eigenvalue weighted by molar-refractivity contribution is -0.133. The van der Waals surface area contributed by atoms with Crippen molar-refractivity contribution in [2.75, 3.05) is 13.1 Å². The first-order valence-corrected chi connectivity index (χ1v) is 10.4. The van der Waals surface area contributed by atoms with E-state index in [0.717, 1.165) is 44.7 Å². The zero-order valence-electron chi connectivity index (χ0n) is 16.1. The molecule has 0 bridgehead atoms. The van der Waals surface area contributed by atoms with Gasteiger partial charge >= 0.3 is 0 Å². The largest absolute Gasteiger partial charge is 0.341 e. The fourth-order valence-corrected chi connectivity index (χ4v) is 5.37. The van der Waals surface area contributed by atoms with Gasteiger partial charge in [-0.25, -0.2) is 0 Å². The van der Waals surface area contributed by atoms with Crippen LogP contribution in [0.1, 0.15) is 62.8 Å². The van der Waals surface area contributed by atoms with Gasteiger partial charge in [0.2, 0.25) is 5.91 Å². The second-order valence-electron chi connectivity index (χ2n) is 8.78. The van der Waals surface area contributed by atoms with Crippen LogP contribution in [-0.4, -0.2) is 38.7 Å². The second kappa shape index (κ2) is 6.18. The Hall–Kier alpha value is -2.17. The van der Waals surface area contributed by atoms with E-state index in [1.54, 1.807) is 0 Å². The van der Waals surface area contributed by atoms with E-state index in [-0.39, 0.29) is 10.8 Å². The van der Waals surface area contributed by atoms with E-state index < -0.39 is 0 Å². The van der Waals surface area contributed by atoms with Crippen LogP contribution < -0.4 is 0 Å². The van der Waals surface area contributed by atoms with Crippen LogP contribution in [0.5, 0.6) is 0 Å². The smallest absolute Gasteiger partial charge is 0.233 e. The Kier molecular flexibility index (Phi) is 3.88. The van der Waals surface area contributed by atoms with Gasteiger partial charge < -0.3 is 9.47 Å². The highest BCUT2D eigenvalue weighted by atomic mass is 16.2. The number of carbonyl (C=O) groups is 1. The molecule has 1 aromatic carbocycles. The van der Waals surface area contributed by atoms with Crippen molar-refractivity contribution in [1.29, 1.82) is 0 Å². The van der Waals surface area contributed by atoms with Crippen molar-refractivity contribution >= 4 is 5.91 Å². The molecular weight excluding hydrogens is 336 g/mol. The third kappa shape index (κ3) is 2.54. The molecule has 2 heterocycles. The van der Waals surface area contributed by atoms with Crippen molar-refractivity contribution in [1.82, 2.24) is 19.7 Å². The van der Waals surface area contributed by atoms with Crippen molar-refractivity contribution in [3.63, 3.8) is 0 Å². The van der Waals surface area contributed by atoms with Gasteiger partial charge in [-0.05, 0) is 43.1 Å². The van der Waals surface area contributed by atoms with Crippen LogP contribution >= 0.6 is 0 Å². The lowest BCUT2D eigenvalue weighted by Crippen LogP contribution is -2.41. The minimum Gasteiger partial charge on any atom is -0.341 e. The summed E-state index contributed by atoms with van der Waals surface area (Å²) in [5.74, 6) is 1.76. The van der Waals surface area contributed by atoms with E-state index >= 15 is 0 Å². The first kappa shape index (κ1) is 17.0. The Bertz CT molecular complexity index is 835. The minimum atomic E-state index is -0.266. The molecule has 1 atom stereocenters. The van der Waals surface area contributed by atoms with E-state index in [4.69, 9.17) is 0 Å². The summed E-state index contributed by atoms with van der Waals surface area (Å²) in [7, 11) is 0. The molecule has 0 N–H and O–H groups in total. The van der Waals surface area contributed by atoms with Crippen molar-refractivity contribution in [3.05, 3.63) is 48.0 Å². The maximum Gasteiger partial charge on any atom is 0.233 e. The molecule has 142 valence electrons. The Labute approximate surface area is 160 Å². The second-order valence-corrected chi connectivity index (χ2v) is 8.78. The van der Waals surface area contributed by atoms with Crippen LogP contribution in [0.3, 0.4) is 0 Å². The van der Waals surface area contributed by atoms with Gasteiger partial charge in [0.25, 0.3) is 0 Å². The standard InChI is InChI=1S/C22H28N4O/c1-2-13-25-16-23-24-19(25)18-14-26(15-21(18)9-6-10-21)20(27)22(11-12-22)17-7-4-3-5-8-17/h3-5,7-8,16,18H,2,6,9-15H2,1H3. The number of aromatic nitrogens is 3. The van der Waals surface area contributed by atoms with Crippen LogP contribution in [-0.2, 0) is 16.8 Å². The monoisotopic (exact) mass is 364 g/mol. The predicted octanol–water partition coefficient (Wildman–Crippen LogP) is 3.52. The van der Waals surface area contributed by atoms with E-state index in [0.29, 0.717) is 11.8 Å². The lowest BCUT2D eigenvalue weighted by Gasteiger charge is -2.42. The van der Waals surface area contributed by atoms with Gasteiger partial charge in [-0.15, -0.1) is 10.2 Å². The molecule has 1 aliphatic heterocycles. The predicted molar refractivity (Wildman–Crippen MR) is 103 cm³/mol. The van der Waals surface area contributed by atoms with Crippen LogP contribution in [0, 0.1) is 5.41 Å². The Morgan fingerprint density at radius 3 is 2.59 bits per heavy atom. The third-order valence-electron chi connectivity index (χ3n) is 7.19. The molecule has 1 unspecified atom stereocenters. The van der Waals surface area contributed by atoms with E-state index in [1.165, 1.54) is 24.8 Å². The Morgan fingerprint density at radius 2 is 1.96 bits per heavy atom. The van der Waals surface area contributed by atoms with Crippen LogP contribution in [0.15, 0.2) is 36.7 Å². The van der Waals surface area contributed by atoms with Gasteiger partial charge in [0.1, 0.15) is 12.2 Å². The number of aryl methyl sites for hydroxylation is 1. The average molecular weight is 364 g/mol. The summed E-state index contributed by atoms with van der Waals surface area (Å²) in [5, 5.41) is 8.70. The Balaban J connectivity index is 1.43. The van der Waals surface area contributed by atoms with E-state index in [1.807, 2.05) is 12.4 Å². The molecule has 1 spiro atoms. The van der Waals surface area contributed by atoms with Gasteiger partial charge in [0.15, 0.2) is 0 Å². The molecule has 3 fully saturated rings. The Morgan fingerprint density at radius 1 is 1.19 bits per heavy atom. The number of benzene rings is 1. The molecule has 5 rings (SSSR count).